The molecule has 2 aromatic rings. The van der Waals surface area contributed by atoms with Gasteiger partial charge in [-0.2, -0.15) is 0 Å². The van der Waals surface area contributed by atoms with Gasteiger partial charge in [0.05, 0.1) is 13.5 Å². The third-order valence-corrected chi connectivity index (χ3v) is 2.97. The molecule has 98 valence electrons. The van der Waals surface area contributed by atoms with E-state index in [1.54, 1.807) is 7.11 Å². The zero-order valence-corrected chi connectivity index (χ0v) is 11.0. The highest BCUT2D eigenvalue weighted by Gasteiger charge is 2.09. The molecule has 0 aliphatic rings. The van der Waals surface area contributed by atoms with Crippen molar-refractivity contribution in [3.05, 3.63) is 53.6 Å². The molecule has 0 radical (unpaired) electrons. The first-order valence-electron chi connectivity index (χ1n) is 6.06. The summed E-state index contributed by atoms with van der Waals surface area (Å²) in [5.74, 6) is -0.251. The first kappa shape index (κ1) is 13.1. The van der Waals surface area contributed by atoms with E-state index < -0.39 is 5.97 Å². The van der Waals surface area contributed by atoms with E-state index in [0.29, 0.717) is 11.3 Å². The molecule has 2 aromatic carbocycles. The lowest BCUT2D eigenvalue weighted by atomic mass is 9.99. The molecule has 0 unspecified atom stereocenters. The van der Waals surface area contributed by atoms with Crippen molar-refractivity contribution in [2.24, 2.45) is 0 Å². The lowest BCUT2D eigenvalue weighted by molar-refractivity contribution is -0.136. The van der Waals surface area contributed by atoms with Gasteiger partial charge in [-0.15, -0.1) is 0 Å². The van der Waals surface area contributed by atoms with Crippen molar-refractivity contribution in [3.8, 4) is 16.9 Å². The quantitative estimate of drug-likeness (QED) is 0.913. The van der Waals surface area contributed by atoms with Crippen LogP contribution in [0.3, 0.4) is 0 Å². The summed E-state index contributed by atoms with van der Waals surface area (Å²) >= 11 is 0. The second-order valence-corrected chi connectivity index (χ2v) is 4.47. The average molecular weight is 256 g/mol. The maximum atomic E-state index is 10.9. The standard InChI is InChI=1S/C16H16O3/c1-11-4-3-5-12(8-11)13-6-7-15(19-2)14(9-13)10-16(17)18/h3-9H,10H2,1-2H3,(H,17,18). The van der Waals surface area contributed by atoms with Gasteiger partial charge in [-0.1, -0.05) is 35.9 Å². The van der Waals surface area contributed by atoms with E-state index in [4.69, 9.17) is 9.84 Å². The number of carboxylic acids is 1. The molecule has 0 bridgehead atoms. The SMILES string of the molecule is COc1ccc(-c2cccc(C)c2)cc1CC(=O)O. The van der Waals surface area contributed by atoms with E-state index in [0.717, 1.165) is 11.1 Å². The lowest BCUT2D eigenvalue weighted by Crippen LogP contribution is -2.02. The molecule has 3 heteroatoms. The van der Waals surface area contributed by atoms with Crippen LogP contribution in [0.1, 0.15) is 11.1 Å². The number of hydrogen-bond acceptors (Lipinski definition) is 2. The number of carbonyl (C=O) groups is 1. The molecule has 0 spiro atoms. The Morgan fingerprint density at radius 2 is 1.89 bits per heavy atom. The number of methoxy groups -OCH3 is 1. The zero-order chi connectivity index (χ0) is 13.8. The predicted octanol–water partition coefficient (Wildman–Crippen LogP) is 3.30. The van der Waals surface area contributed by atoms with Crippen LogP contribution in [-0.2, 0) is 11.2 Å². The van der Waals surface area contributed by atoms with Crippen LogP contribution in [0.4, 0.5) is 0 Å². The molecule has 0 amide bonds. The Kier molecular flexibility index (Phi) is 3.85. The molecular formula is C16H16O3. The monoisotopic (exact) mass is 256 g/mol. The number of aryl methyl sites for hydroxylation is 1. The third-order valence-electron chi connectivity index (χ3n) is 2.97. The van der Waals surface area contributed by atoms with Crippen molar-refractivity contribution in [2.75, 3.05) is 7.11 Å². The van der Waals surface area contributed by atoms with Crippen LogP contribution >= 0.6 is 0 Å². The van der Waals surface area contributed by atoms with Gasteiger partial charge >= 0.3 is 5.97 Å². The molecule has 0 aromatic heterocycles. The molecule has 1 N–H and O–H groups in total. The van der Waals surface area contributed by atoms with Gasteiger partial charge in [0.15, 0.2) is 0 Å². The van der Waals surface area contributed by atoms with Gasteiger partial charge in [-0.3, -0.25) is 4.79 Å². The minimum atomic E-state index is -0.861. The highest BCUT2D eigenvalue weighted by Crippen LogP contribution is 2.27. The van der Waals surface area contributed by atoms with E-state index in [1.165, 1.54) is 5.56 Å². The van der Waals surface area contributed by atoms with Crippen LogP contribution in [0.5, 0.6) is 5.75 Å². The molecule has 3 nitrogen and oxygen atoms in total. The summed E-state index contributed by atoms with van der Waals surface area (Å²) in [7, 11) is 1.55. The van der Waals surface area contributed by atoms with Gasteiger partial charge in [0.2, 0.25) is 0 Å². The highest BCUT2D eigenvalue weighted by molar-refractivity contribution is 5.74. The van der Waals surface area contributed by atoms with Crippen molar-refractivity contribution in [3.63, 3.8) is 0 Å². The van der Waals surface area contributed by atoms with Crippen LogP contribution in [0.15, 0.2) is 42.5 Å². The van der Waals surface area contributed by atoms with Gasteiger partial charge in [0.1, 0.15) is 5.75 Å². The summed E-state index contributed by atoms with van der Waals surface area (Å²) < 4.78 is 5.20. The summed E-state index contributed by atoms with van der Waals surface area (Å²) in [4.78, 5) is 10.9. The van der Waals surface area contributed by atoms with E-state index in [1.807, 2.05) is 43.3 Å². The Hall–Kier alpha value is -2.29. The predicted molar refractivity (Wildman–Crippen MR) is 74.5 cm³/mol. The van der Waals surface area contributed by atoms with Crippen molar-refractivity contribution in [1.82, 2.24) is 0 Å². The third kappa shape index (κ3) is 3.13. The summed E-state index contributed by atoms with van der Waals surface area (Å²) in [6.45, 7) is 2.03. The molecule has 0 saturated heterocycles. The van der Waals surface area contributed by atoms with Crippen molar-refractivity contribution < 1.29 is 14.6 Å². The maximum absolute atomic E-state index is 10.9. The molecule has 2 rings (SSSR count). The molecule has 0 atom stereocenters. The van der Waals surface area contributed by atoms with Gasteiger partial charge in [0, 0.05) is 5.56 Å². The van der Waals surface area contributed by atoms with Crippen molar-refractivity contribution in [2.45, 2.75) is 13.3 Å². The largest absolute Gasteiger partial charge is 0.496 e. The second-order valence-electron chi connectivity index (χ2n) is 4.47. The summed E-state index contributed by atoms with van der Waals surface area (Å²) in [5, 5.41) is 8.94. The Labute approximate surface area is 112 Å². The van der Waals surface area contributed by atoms with Crippen LogP contribution in [0.25, 0.3) is 11.1 Å². The fraction of sp³-hybridized carbons (Fsp3) is 0.188. The molecule has 0 aliphatic carbocycles. The fourth-order valence-electron chi connectivity index (χ4n) is 2.08. The van der Waals surface area contributed by atoms with Gasteiger partial charge in [-0.05, 0) is 30.2 Å². The Morgan fingerprint density at radius 1 is 1.16 bits per heavy atom. The maximum Gasteiger partial charge on any atom is 0.307 e. The van der Waals surface area contributed by atoms with Crippen LogP contribution in [-0.4, -0.2) is 18.2 Å². The van der Waals surface area contributed by atoms with Gasteiger partial charge in [-0.25, -0.2) is 0 Å². The first-order valence-corrected chi connectivity index (χ1v) is 6.06. The van der Waals surface area contributed by atoms with Crippen molar-refractivity contribution >= 4 is 5.97 Å². The minimum Gasteiger partial charge on any atom is -0.496 e. The van der Waals surface area contributed by atoms with E-state index in [9.17, 15) is 4.79 Å². The number of benzene rings is 2. The van der Waals surface area contributed by atoms with Crippen LogP contribution in [0, 0.1) is 6.92 Å². The molecule has 0 saturated carbocycles. The highest BCUT2D eigenvalue weighted by atomic mass is 16.5. The van der Waals surface area contributed by atoms with Gasteiger partial charge in [0.25, 0.3) is 0 Å². The van der Waals surface area contributed by atoms with Gasteiger partial charge < -0.3 is 9.84 Å². The number of carboxylic acid groups (broad SMARTS) is 1. The van der Waals surface area contributed by atoms with E-state index in [2.05, 4.69) is 6.07 Å². The molecule has 0 aliphatic heterocycles. The Morgan fingerprint density at radius 3 is 2.53 bits per heavy atom. The zero-order valence-electron chi connectivity index (χ0n) is 11.0. The first-order chi connectivity index (χ1) is 9.10. The Balaban J connectivity index is 2.45. The minimum absolute atomic E-state index is 0.0389. The van der Waals surface area contributed by atoms with Crippen molar-refractivity contribution in [1.29, 1.82) is 0 Å². The van der Waals surface area contributed by atoms with E-state index >= 15 is 0 Å². The fourth-order valence-corrected chi connectivity index (χ4v) is 2.08. The normalized spacial score (nSPS) is 10.2. The average Bonchev–Trinajstić information content (AvgIpc) is 2.38. The lowest BCUT2D eigenvalue weighted by Gasteiger charge is -2.10. The number of hydrogen-bond donors (Lipinski definition) is 1. The molecular weight excluding hydrogens is 240 g/mol. The smallest absolute Gasteiger partial charge is 0.307 e. The van der Waals surface area contributed by atoms with E-state index in [-0.39, 0.29) is 6.42 Å². The molecule has 19 heavy (non-hydrogen) atoms. The summed E-state index contributed by atoms with van der Waals surface area (Å²) in [5.41, 5.74) is 3.94. The topological polar surface area (TPSA) is 46.5 Å². The second kappa shape index (κ2) is 5.57. The number of rotatable bonds is 4. The number of aliphatic carboxylic acids is 1. The van der Waals surface area contributed by atoms with Crippen LogP contribution in [0.2, 0.25) is 0 Å². The summed E-state index contributed by atoms with van der Waals surface area (Å²) in [6.07, 6.45) is -0.0389. The molecule has 0 fully saturated rings. The Bertz CT molecular complexity index is 603. The van der Waals surface area contributed by atoms with Crippen LogP contribution < -0.4 is 4.74 Å². The summed E-state index contributed by atoms with van der Waals surface area (Å²) in [6, 6.07) is 13.7. The molecule has 0 heterocycles. The number of ether oxygens (including phenoxy) is 1.